The van der Waals surface area contributed by atoms with E-state index < -0.39 is 22.5 Å². The van der Waals surface area contributed by atoms with E-state index in [1.54, 1.807) is 12.1 Å². The number of carbonyl (C=O) groups is 1. The van der Waals surface area contributed by atoms with E-state index in [2.05, 4.69) is 10.5 Å². The van der Waals surface area contributed by atoms with Crippen molar-refractivity contribution < 1.29 is 22.7 Å². The summed E-state index contributed by atoms with van der Waals surface area (Å²) in [5.74, 6) is 0.387. The van der Waals surface area contributed by atoms with E-state index in [1.165, 1.54) is 38.6 Å². The van der Waals surface area contributed by atoms with Crippen molar-refractivity contribution in [3.63, 3.8) is 0 Å². The summed E-state index contributed by atoms with van der Waals surface area (Å²) in [5.41, 5.74) is 2.99. The van der Waals surface area contributed by atoms with Crippen LogP contribution in [-0.2, 0) is 14.8 Å². The third-order valence-corrected chi connectivity index (χ3v) is 5.90. The van der Waals surface area contributed by atoms with Gasteiger partial charge in [-0.25, -0.2) is 13.8 Å². The molecule has 0 atom stereocenters. The van der Waals surface area contributed by atoms with Crippen LogP contribution in [0.1, 0.15) is 12.5 Å². The van der Waals surface area contributed by atoms with Crippen LogP contribution in [0.15, 0.2) is 52.5 Å². The van der Waals surface area contributed by atoms with Gasteiger partial charge in [-0.1, -0.05) is 23.7 Å². The minimum absolute atomic E-state index is 0.0484. The Morgan fingerprint density at radius 1 is 1.24 bits per heavy atom. The molecule has 0 aromatic heterocycles. The summed E-state index contributed by atoms with van der Waals surface area (Å²) >= 11 is 5.99. The maximum atomic E-state index is 12.6. The quantitative estimate of drug-likeness (QED) is 0.478. The number of para-hydroxylation sites is 1. The van der Waals surface area contributed by atoms with Gasteiger partial charge in [0.15, 0.2) is 0 Å². The van der Waals surface area contributed by atoms with Gasteiger partial charge in [-0.05, 0) is 37.3 Å². The molecule has 156 valence electrons. The molecule has 1 amide bonds. The first-order valence-corrected chi connectivity index (χ1v) is 10.4. The summed E-state index contributed by atoms with van der Waals surface area (Å²) in [4.78, 5) is 12.0. The summed E-state index contributed by atoms with van der Waals surface area (Å²) in [6.45, 7) is 1.94. The lowest BCUT2D eigenvalue weighted by Crippen LogP contribution is -2.36. The number of carbonyl (C=O) groups excluding carboxylic acids is 1. The summed E-state index contributed by atoms with van der Waals surface area (Å²) in [5, 5.41) is 4.02. The molecule has 0 unspecified atom stereocenters. The highest BCUT2D eigenvalue weighted by Gasteiger charge is 2.23. The molecule has 0 aliphatic rings. The van der Waals surface area contributed by atoms with E-state index in [9.17, 15) is 13.2 Å². The maximum absolute atomic E-state index is 12.6. The Morgan fingerprint density at radius 2 is 1.97 bits per heavy atom. The Bertz CT molecular complexity index is 995. The molecule has 10 heteroatoms. The zero-order chi connectivity index (χ0) is 21.4. The van der Waals surface area contributed by atoms with Crippen LogP contribution in [0.5, 0.6) is 11.5 Å². The number of ether oxygens (including phenoxy) is 2. The number of halogens is 1. The number of methoxy groups -OCH3 is 1. The van der Waals surface area contributed by atoms with Gasteiger partial charge in [-0.2, -0.15) is 9.41 Å². The molecule has 1 N–H and O–H groups in total. The zero-order valence-corrected chi connectivity index (χ0v) is 17.8. The van der Waals surface area contributed by atoms with E-state index >= 15 is 0 Å². The summed E-state index contributed by atoms with van der Waals surface area (Å²) in [6.07, 6.45) is 1.43. The van der Waals surface area contributed by atoms with Gasteiger partial charge in [0.05, 0.1) is 36.4 Å². The predicted molar refractivity (Wildman–Crippen MR) is 111 cm³/mol. The number of sulfonamides is 1. The molecule has 0 aliphatic heterocycles. The molecule has 0 saturated heterocycles. The Balaban J connectivity index is 2.02. The van der Waals surface area contributed by atoms with Crippen LogP contribution in [0.4, 0.5) is 0 Å². The standard InChI is InChI=1S/C19H22ClN3O5S/c1-4-28-17-8-6-5-7-14(17)12-21-22-19(24)13-23(2)29(25,26)15-9-10-18(27-3)16(20)11-15/h5-12H,4,13H2,1-3H3,(H,22,24)/b21-12-. The molecule has 0 radical (unpaired) electrons. The van der Waals surface area contributed by atoms with Crippen LogP contribution in [0, 0.1) is 0 Å². The Labute approximate surface area is 175 Å². The van der Waals surface area contributed by atoms with Crippen molar-refractivity contribution in [2.45, 2.75) is 11.8 Å². The van der Waals surface area contributed by atoms with Gasteiger partial charge in [0, 0.05) is 12.6 Å². The number of likely N-dealkylation sites (N-methyl/N-ethyl adjacent to an activating group) is 1. The Morgan fingerprint density at radius 3 is 2.62 bits per heavy atom. The molecular weight excluding hydrogens is 418 g/mol. The molecule has 2 rings (SSSR count). The van der Waals surface area contributed by atoms with Crippen LogP contribution >= 0.6 is 11.6 Å². The monoisotopic (exact) mass is 439 g/mol. The van der Waals surface area contributed by atoms with Gasteiger partial charge >= 0.3 is 0 Å². The van der Waals surface area contributed by atoms with E-state index in [1.807, 2.05) is 19.1 Å². The molecule has 29 heavy (non-hydrogen) atoms. The molecular formula is C19H22ClN3O5S. The number of amides is 1. The van der Waals surface area contributed by atoms with Crippen molar-refractivity contribution in [2.75, 3.05) is 27.3 Å². The van der Waals surface area contributed by atoms with E-state index in [0.717, 1.165) is 4.31 Å². The number of hydrogen-bond acceptors (Lipinski definition) is 6. The van der Waals surface area contributed by atoms with E-state index in [4.69, 9.17) is 21.1 Å². The van der Waals surface area contributed by atoms with Crippen molar-refractivity contribution in [3.8, 4) is 11.5 Å². The van der Waals surface area contributed by atoms with Crippen molar-refractivity contribution in [2.24, 2.45) is 5.10 Å². The number of rotatable bonds is 9. The topological polar surface area (TPSA) is 97.3 Å². The van der Waals surface area contributed by atoms with E-state index in [0.29, 0.717) is 23.7 Å². The maximum Gasteiger partial charge on any atom is 0.255 e. The SMILES string of the molecule is CCOc1ccccc1/C=N\NC(=O)CN(C)S(=O)(=O)c1ccc(OC)c(Cl)c1. The van der Waals surface area contributed by atoms with Gasteiger partial charge in [-0.3, -0.25) is 4.79 Å². The molecule has 0 bridgehead atoms. The van der Waals surface area contributed by atoms with Crippen molar-refractivity contribution in [1.82, 2.24) is 9.73 Å². The lowest BCUT2D eigenvalue weighted by atomic mass is 10.2. The number of nitrogens with one attached hydrogen (secondary N) is 1. The van der Waals surface area contributed by atoms with Gasteiger partial charge in [-0.15, -0.1) is 0 Å². The number of hydrazone groups is 1. The predicted octanol–water partition coefficient (Wildman–Crippen LogP) is 2.52. The highest BCUT2D eigenvalue weighted by molar-refractivity contribution is 7.89. The minimum atomic E-state index is -3.91. The average molecular weight is 440 g/mol. The second kappa shape index (κ2) is 10.2. The van der Waals surface area contributed by atoms with Crippen LogP contribution in [-0.4, -0.2) is 52.2 Å². The van der Waals surface area contributed by atoms with Crippen LogP contribution in [0.25, 0.3) is 0 Å². The number of benzene rings is 2. The molecule has 0 fully saturated rings. The Kier molecular flexibility index (Phi) is 8.00. The van der Waals surface area contributed by atoms with Gasteiger partial charge in [0.1, 0.15) is 11.5 Å². The zero-order valence-electron chi connectivity index (χ0n) is 16.3. The van der Waals surface area contributed by atoms with Crippen LogP contribution < -0.4 is 14.9 Å². The molecule has 2 aromatic rings. The lowest BCUT2D eigenvalue weighted by molar-refractivity contribution is -0.121. The fourth-order valence-electron chi connectivity index (χ4n) is 2.36. The lowest BCUT2D eigenvalue weighted by Gasteiger charge is -2.16. The molecule has 2 aromatic carbocycles. The third-order valence-electron chi connectivity index (χ3n) is 3.81. The third kappa shape index (κ3) is 5.93. The number of nitrogens with zero attached hydrogens (tertiary/aromatic N) is 2. The van der Waals surface area contributed by atoms with Crippen molar-refractivity contribution >= 4 is 33.7 Å². The second-order valence-electron chi connectivity index (χ2n) is 5.82. The molecule has 0 heterocycles. The molecule has 0 spiro atoms. The van der Waals surface area contributed by atoms with Gasteiger partial charge < -0.3 is 9.47 Å². The van der Waals surface area contributed by atoms with Gasteiger partial charge in [0.2, 0.25) is 10.0 Å². The van der Waals surface area contributed by atoms with Crippen LogP contribution in [0.2, 0.25) is 5.02 Å². The largest absolute Gasteiger partial charge is 0.495 e. The number of hydrogen-bond donors (Lipinski definition) is 1. The minimum Gasteiger partial charge on any atom is -0.495 e. The molecule has 0 saturated carbocycles. The first-order chi connectivity index (χ1) is 13.8. The van der Waals surface area contributed by atoms with Gasteiger partial charge in [0.25, 0.3) is 5.91 Å². The summed E-state index contributed by atoms with van der Waals surface area (Å²) < 4.78 is 36.6. The molecule has 8 nitrogen and oxygen atoms in total. The fourth-order valence-corrected chi connectivity index (χ4v) is 3.83. The van der Waals surface area contributed by atoms with Crippen molar-refractivity contribution in [1.29, 1.82) is 0 Å². The smallest absolute Gasteiger partial charge is 0.255 e. The van der Waals surface area contributed by atoms with Crippen LogP contribution in [0.3, 0.4) is 0 Å². The summed E-state index contributed by atoms with van der Waals surface area (Å²) in [7, 11) is -1.19. The first kappa shape index (κ1) is 22.7. The van der Waals surface area contributed by atoms with Crippen molar-refractivity contribution in [3.05, 3.63) is 53.1 Å². The highest BCUT2D eigenvalue weighted by atomic mass is 35.5. The summed E-state index contributed by atoms with van der Waals surface area (Å²) in [6, 6.07) is 11.3. The second-order valence-corrected chi connectivity index (χ2v) is 8.27. The fraction of sp³-hybridized carbons (Fsp3) is 0.263. The molecule has 0 aliphatic carbocycles. The highest BCUT2D eigenvalue weighted by Crippen LogP contribution is 2.28. The average Bonchev–Trinajstić information content (AvgIpc) is 2.69. The Hall–Kier alpha value is -2.62. The van der Waals surface area contributed by atoms with E-state index in [-0.39, 0.29) is 9.92 Å². The first-order valence-electron chi connectivity index (χ1n) is 8.63. The normalized spacial score (nSPS) is 11.6.